The summed E-state index contributed by atoms with van der Waals surface area (Å²) in [6.07, 6.45) is 0.645. The van der Waals surface area contributed by atoms with Crippen LogP contribution in [0.3, 0.4) is 0 Å². The maximum atomic E-state index is 13.5. The number of aromatic nitrogens is 1. The predicted octanol–water partition coefficient (Wildman–Crippen LogP) is 3.52. The Morgan fingerprint density at radius 3 is 2.91 bits per heavy atom. The van der Waals surface area contributed by atoms with Crippen LogP contribution in [0.5, 0.6) is 0 Å². The summed E-state index contributed by atoms with van der Waals surface area (Å²) in [6, 6.07) is 12.1. The Balaban J connectivity index is 1.54. The molecule has 1 heterocycles. The largest absolute Gasteiger partial charge is 0.441 e. The molecule has 0 saturated heterocycles. The number of rotatable bonds is 5. The maximum Gasteiger partial charge on any atom is 0.220 e. The molecule has 0 radical (unpaired) electrons. The van der Waals surface area contributed by atoms with Crippen molar-refractivity contribution < 1.29 is 13.6 Å². The normalized spacial score (nSPS) is 10.9. The Hall–Kier alpha value is -2.69. The molecule has 0 aliphatic rings. The fourth-order valence-electron chi connectivity index (χ4n) is 2.44. The topological polar surface area (TPSA) is 55.1 Å². The van der Waals surface area contributed by atoms with E-state index in [1.54, 1.807) is 25.1 Å². The van der Waals surface area contributed by atoms with Crippen LogP contribution in [-0.4, -0.2) is 10.9 Å². The van der Waals surface area contributed by atoms with Crippen molar-refractivity contribution in [1.29, 1.82) is 0 Å². The van der Waals surface area contributed by atoms with Gasteiger partial charge in [-0.1, -0.05) is 24.3 Å². The first kappa shape index (κ1) is 15.2. The molecular formula is C18H17FN2O2. The lowest BCUT2D eigenvalue weighted by atomic mass is 10.1. The van der Waals surface area contributed by atoms with E-state index in [0.717, 1.165) is 16.7 Å². The number of nitrogens with zero attached hydrogens (tertiary/aromatic N) is 1. The van der Waals surface area contributed by atoms with Crippen LogP contribution >= 0.6 is 0 Å². The highest BCUT2D eigenvalue weighted by Crippen LogP contribution is 2.16. The molecular weight excluding hydrogens is 295 g/mol. The summed E-state index contributed by atoms with van der Waals surface area (Å²) >= 11 is 0. The SMILES string of the molecule is Cc1nc2cc(CNC(=O)CCc3ccccc3F)ccc2o1. The summed E-state index contributed by atoms with van der Waals surface area (Å²) in [4.78, 5) is 16.2. The second-order valence-corrected chi connectivity index (χ2v) is 5.40. The summed E-state index contributed by atoms with van der Waals surface area (Å²) in [5.74, 6) is 0.239. The van der Waals surface area contributed by atoms with Crippen LogP contribution in [0.15, 0.2) is 46.9 Å². The standard InChI is InChI=1S/C18H17FN2O2/c1-12-21-16-10-13(6-8-17(16)23-12)11-20-18(22)9-7-14-4-2-3-5-15(14)19/h2-6,8,10H,7,9,11H2,1H3,(H,20,22). The molecule has 1 N–H and O–H groups in total. The molecule has 1 amide bonds. The third kappa shape index (κ3) is 3.74. The zero-order valence-electron chi connectivity index (χ0n) is 12.8. The zero-order valence-corrected chi connectivity index (χ0v) is 12.8. The average Bonchev–Trinajstić information content (AvgIpc) is 2.91. The lowest BCUT2D eigenvalue weighted by molar-refractivity contribution is -0.121. The van der Waals surface area contributed by atoms with Gasteiger partial charge in [0.1, 0.15) is 11.3 Å². The van der Waals surface area contributed by atoms with Crippen molar-refractivity contribution in [3.63, 3.8) is 0 Å². The highest BCUT2D eigenvalue weighted by atomic mass is 19.1. The highest BCUT2D eigenvalue weighted by Gasteiger charge is 2.07. The number of halogens is 1. The summed E-state index contributed by atoms with van der Waals surface area (Å²) < 4.78 is 18.9. The second kappa shape index (κ2) is 6.60. The van der Waals surface area contributed by atoms with Crippen LogP contribution in [0.1, 0.15) is 23.4 Å². The third-order valence-electron chi connectivity index (χ3n) is 3.63. The number of fused-ring (bicyclic) bond motifs is 1. The van der Waals surface area contributed by atoms with E-state index in [2.05, 4.69) is 10.3 Å². The monoisotopic (exact) mass is 312 g/mol. The van der Waals surface area contributed by atoms with Crippen LogP contribution in [0.4, 0.5) is 4.39 Å². The molecule has 0 unspecified atom stereocenters. The first-order valence-electron chi connectivity index (χ1n) is 7.48. The number of aryl methyl sites for hydroxylation is 2. The van der Waals surface area contributed by atoms with Crippen LogP contribution in [0.25, 0.3) is 11.1 Å². The molecule has 0 aliphatic heterocycles. The molecule has 118 valence electrons. The van der Waals surface area contributed by atoms with Crippen molar-refractivity contribution in [1.82, 2.24) is 10.3 Å². The summed E-state index contributed by atoms with van der Waals surface area (Å²) in [7, 11) is 0. The fourth-order valence-corrected chi connectivity index (χ4v) is 2.44. The third-order valence-corrected chi connectivity index (χ3v) is 3.63. The number of nitrogens with one attached hydrogen (secondary N) is 1. The van der Waals surface area contributed by atoms with Crippen molar-refractivity contribution in [2.24, 2.45) is 0 Å². The molecule has 4 nitrogen and oxygen atoms in total. The van der Waals surface area contributed by atoms with E-state index in [-0.39, 0.29) is 18.1 Å². The van der Waals surface area contributed by atoms with Gasteiger partial charge in [0, 0.05) is 19.9 Å². The number of benzene rings is 2. The van der Waals surface area contributed by atoms with E-state index in [4.69, 9.17) is 4.42 Å². The van der Waals surface area contributed by atoms with E-state index in [0.29, 0.717) is 24.4 Å². The van der Waals surface area contributed by atoms with Gasteiger partial charge in [0.15, 0.2) is 11.5 Å². The number of carbonyl (C=O) groups excluding carboxylic acids is 1. The van der Waals surface area contributed by atoms with Crippen LogP contribution in [0, 0.1) is 12.7 Å². The maximum absolute atomic E-state index is 13.5. The lowest BCUT2D eigenvalue weighted by Crippen LogP contribution is -2.23. The van der Waals surface area contributed by atoms with Gasteiger partial charge in [-0.05, 0) is 35.7 Å². The number of carbonyl (C=O) groups is 1. The molecule has 23 heavy (non-hydrogen) atoms. The van der Waals surface area contributed by atoms with Crippen LogP contribution in [0.2, 0.25) is 0 Å². The quantitative estimate of drug-likeness (QED) is 0.784. The summed E-state index contributed by atoms with van der Waals surface area (Å²) in [5, 5.41) is 2.84. The minimum absolute atomic E-state index is 0.107. The number of hydrogen-bond donors (Lipinski definition) is 1. The fraction of sp³-hybridized carbons (Fsp3) is 0.222. The Morgan fingerprint density at radius 2 is 2.09 bits per heavy atom. The number of oxazole rings is 1. The second-order valence-electron chi connectivity index (χ2n) is 5.40. The van der Waals surface area contributed by atoms with Gasteiger partial charge >= 0.3 is 0 Å². The van der Waals surface area contributed by atoms with E-state index in [1.807, 2.05) is 18.2 Å². The van der Waals surface area contributed by atoms with Crippen molar-refractivity contribution in [3.8, 4) is 0 Å². The van der Waals surface area contributed by atoms with Gasteiger partial charge in [-0.3, -0.25) is 4.79 Å². The van der Waals surface area contributed by atoms with Gasteiger partial charge in [0.05, 0.1) is 0 Å². The first-order valence-corrected chi connectivity index (χ1v) is 7.48. The predicted molar refractivity (Wildman–Crippen MR) is 85.3 cm³/mol. The van der Waals surface area contributed by atoms with Gasteiger partial charge < -0.3 is 9.73 Å². The Morgan fingerprint density at radius 1 is 1.26 bits per heavy atom. The molecule has 3 aromatic rings. The molecule has 5 heteroatoms. The molecule has 0 aliphatic carbocycles. The van der Waals surface area contributed by atoms with E-state index in [9.17, 15) is 9.18 Å². The van der Waals surface area contributed by atoms with Gasteiger partial charge in [-0.2, -0.15) is 0 Å². The van der Waals surface area contributed by atoms with Crippen LogP contribution < -0.4 is 5.32 Å². The summed E-state index contributed by atoms with van der Waals surface area (Å²) in [5.41, 5.74) is 3.02. The Labute approximate surface area is 133 Å². The Kier molecular flexibility index (Phi) is 4.37. The molecule has 2 aromatic carbocycles. The smallest absolute Gasteiger partial charge is 0.220 e. The van der Waals surface area contributed by atoms with Crippen LogP contribution in [-0.2, 0) is 17.8 Å². The van der Waals surface area contributed by atoms with Crippen molar-refractivity contribution in [2.45, 2.75) is 26.3 Å². The van der Waals surface area contributed by atoms with E-state index >= 15 is 0 Å². The van der Waals surface area contributed by atoms with Crippen molar-refractivity contribution >= 4 is 17.0 Å². The van der Waals surface area contributed by atoms with Gasteiger partial charge in [0.2, 0.25) is 5.91 Å². The number of amides is 1. The highest BCUT2D eigenvalue weighted by molar-refractivity contribution is 5.77. The average molecular weight is 312 g/mol. The van der Waals surface area contributed by atoms with Gasteiger partial charge in [-0.15, -0.1) is 0 Å². The molecule has 3 rings (SSSR count). The first-order chi connectivity index (χ1) is 11.1. The summed E-state index contributed by atoms with van der Waals surface area (Å²) in [6.45, 7) is 2.21. The number of hydrogen-bond acceptors (Lipinski definition) is 3. The zero-order chi connectivity index (χ0) is 16.2. The van der Waals surface area contributed by atoms with Crippen molar-refractivity contribution in [3.05, 3.63) is 65.3 Å². The molecule has 0 saturated carbocycles. The van der Waals surface area contributed by atoms with Gasteiger partial charge in [0.25, 0.3) is 0 Å². The minimum atomic E-state index is -0.271. The molecule has 1 aromatic heterocycles. The van der Waals surface area contributed by atoms with E-state index in [1.165, 1.54) is 6.07 Å². The Bertz CT molecular complexity index is 842. The minimum Gasteiger partial charge on any atom is -0.441 e. The molecule has 0 bridgehead atoms. The van der Waals surface area contributed by atoms with E-state index < -0.39 is 0 Å². The van der Waals surface area contributed by atoms with Crippen molar-refractivity contribution in [2.75, 3.05) is 0 Å². The molecule has 0 spiro atoms. The van der Waals surface area contributed by atoms with Gasteiger partial charge in [-0.25, -0.2) is 9.37 Å². The lowest BCUT2D eigenvalue weighted by Gasteiger charge is -2.06. The molecule has 0 fully saturated rings. The molecule has 0 atom stereocenters.